The number of thioether (sulfide) groups is 1. The molecular formula is C9H17NO2S. The van der Waals surface area contributed by atoms with Crippen molar-refractivity contribution in [3.05, 3.63) is 0 Å². The van der Waals surface area contributed by atoms with Gasteiger partial charge in [-0.1, -0.05) is 6.92 Å². The van der Waals surface area contributed by atoms with E-state index >= 15 is 0 Å². The molecule has 0 radical (unpaired) electrons. The van der Waals surface area contributed by atoms with E-state index in [1.165, 1.54) is 6.92 Å². The molecule has 0 aromatic heterocycles. The van der Waals surface area contributed by atoms with Gasteiger partial charge in [0.05, 0.1) is 6.42 Å². The molecule has 0 saturated carbocycles. The van der Waals surface area contributed by atoms with Gasteiger partial charge >= 0.3 is 0 Å². The first-order valence-corrected chi connectivity index (χ1v) is 5.70. The molecule has 0 heterocycles. The SMILES string of the molecule is CSCC(C)CNC(=O)CC(C)=O. The standard InChI is InChI=1S/C9H17NO2S/c1-7(6-13-3)5-10-9(12)4-8(2)11/h7H,4-6H2,1-3H3,(H,10,12). The van der Waals surface area contributed by atoms with Gasteiger partial charge in [-0.05, 0) is 24.9 Å². The van der Waals surface area contributed by atoms with Gasteiger partial charge in [0.25, 0.3) is 0 Å². The molecular weight excluding hydrogens is 186 g/mol. The summed E-state index contributed by atoms with van der Waals surface area (Å²) in [6.07, 6.45) is 2.04. The Balaban J connectivity index is 3.51. The van der Waals surface area contributed by atoms with Crippen LogP contribution in [0.4, 0.5) is 0 Å². The summed E-state index contributed by atoms with van der Waals surface area (Å²) in [6, 6.07) is 0. The van der Waals surface area contributed by atoms with Crippen LogP contribution in [0.2, 0.25) is 0 Å². The first-order valence-electron chi connectivity index (χ1n) is 4.31. The number of hydrogen-bond acceptors (Lipinski definition) is 3. The zero-order chi connectivity index (χ0) is 10.3. The lowest BCUT2D eigenvalue weighted by Crippen LogP contribution is -2.30. The Morgan fingerprint density at radius 1 is 1.46 bits per heavy atom. The van der Waals surface area contributed by atoms with Crippen LogP contribution >= 0.6 is 11.8 Å². The van der Waals surface area contributed by atoms with Gasteiger partial charge in [0, 0.05) is 6.54 Å². The van der Waals surface area contributed by atoms with Crippen molar-refractivity contribution >= 4 is 23.5 Å². The number of amides is 1. The van der Waals surface area contributed by atoms with Crippen LogP contribution in [0.1, 0.15) is 20.3 Å². The van der Waals surface area contributed by atoms with E-state index < -0.39 is 0 Å². The van der Waals surface area contributed by atoms with Crippen LogP contribution in [-0.2, 0) is 9.59 Å². The molecule has 0 aromatic rings. The van der Waals surface area contributed by atoms with Crippen LogP contribution in [0, 0.1) is 5.92 Å². The number of hydrogen-bond donors (Lipinski definition) is 1. The molecule has 0 aliphatic carbocycles. The summed E-state index contributed by atoms with van der Waals surface area (Å²) >= 11 is 1.76. The quantitative estimate of drug-likeness (QED) is 0.657. The summed E-state index contributed by atoms with van der Waals surface area (Å²) in [4.78, 5) is 21.6. The average Bonchev–Trinajstić information content (AvgIpc) is 2.00. The predicted molar refractivity (Wildman–Crippen MR) is 55.9 cm³/mol. The highest BCUT2D eigenvalue weighted by atomic mass is 32.2. The molecule has 0 saturated heterocycles. The van der Waals surface area contributed by atoms with Crippen molar-refractivity contribution in [2.45, 2.75) is 20.3 Å². The average molecular weight is 203 g/mol. The number of carbonyl (C=O) groups is 2. The highest BCUT2D eigenvalue weighted by Crippen LogP contribution is 2.02. The van der Waals surface area contributed by atoms with Crippen molar-refractivity contribution in [2.24, 2.45) is 5.92 Å². The predicted octanol–water partition coefficient (Wildman–Crippen LogP) is 1.08. The lowest BCUT2D eigenvalue weighted by atomic mass is 10.2. The van der Waals surface area contributed by atoms with Gasteiger partial charge < -0.3 is 5.32 Å². The first-order chi connectivity index (χ1) is 6.06. The van der Waals surface area contributed by atoms with Gasteiger partial charge in [0.15, 0.2) is 0 Å². The van der Waals surface area contributed by atoms with Crippen molar-refractivity contribution in [2.75, 3.05) is 18.6 Å². The Morgan fingerprint density at radius 3 is 2.54 bits per heavy atom. The minimum atomic E-state index is -0.166. The van der Waals surface area contributed by atoms with Crippen LogP contribution in [0.25, 0.3) is 0 Å². The number of nitrogens with one attached hydrogen (secondary N) is 1. The van der Waals surface area contributed by atoms with Crippen molar-refractivity contribution in [1.82, 2.24) is 5.32 Å². The fourth-order valence-electron chi connectivity index (χ4n) is 0.920. The molecule has 0 fully saturated rings. The summed E-state index contributed by atoms with van der Waals surface area (Å²) in [7, 11) is 0. The molecule has 0 aromatic carbocycles. The number of rotatable bonds is 6. The molecule has 0 bridgehead atoms. The highest BCUT2D eigenvalue weighted by Gasteiger charge is 2.06. The van der Waals surface area contributed by atoms with Crippen LogP contribution in [-0.4, -0.2) is 30.2 Å². The van der Waals surface area contributed by atoms with Crippen molar-refractivity contribution in [3.8, 4) is 0 Å². The van der Waals surface area contributed by atoms with Crippen molar-refractivity contribution < 1.29 is 9.59 Å². The number of ketones is 1. The molecule has 0 spiro atoms. The molecule has 13 heavy (non-hydrogen) atoms. The van der Waals surface area contributed by atoms with E-state index in [9.17, 15) is 9.59 Å². The molecule has 1 amide bonds. The third-order valence-electron chi connectivity index (χ3n) is 1.51. The Kier molecular flexibility index (Phi) is 6.68. The van der Waals surface area contributed by atoms with Gasteiger partial charge in [-0.15, -0.1) is 0 Å². The smallest absolute Gasteiger partial charge is 0.227 e. The Bertz CT molecular complexity index is 182. The van der Waals surface area contributed by atoms with Gasteiger partial charge in [0.1, 0.15) is 5.78 Å². The minimum absolute atomic E-state index is 0.00594. The second-order valence-electron chi connectivity index (χ2n) is 3.24. The molecule has 0 aliphatic rings. The summed E-state index contributed by atoms with van der Waals surface area (Å²) in [5.74, 6) is 1.24. The molecule has 1 atom stereocenters. The van der Waals surface area contributed by atoms with Gasteiger partial charge in [-0.3, -0.25) is 9.59 Å². The summed E-state index contributed by atoms with van der Waals surface area (Å²) < 4.78 is 0. The molecule has 0 rings (SSSR count). The zero-order valence-electron chi connectivity index (χ0n) is 8.42. The van der Waals surface area contributed by atoms with E-state index in [1.807, 2.05) is 6.26 Å². The number of Topliss-reactive ketones (excluding diaryl/α,β-unsaturated/α-hetero) is 1. The van der Waals surface area contributed by atoms with E-state index in [0.29, 0.717) is 12.5 Å². The Morgan fingerprint density at radius 2 is 2.08 bits per heavy atom. The maximum atomic E-state index is 11.0. The van der Waals surface area contributed by atoms with Crippen LogP contribution < -0.4 is 5.32 Å². The second kappa shape index (κ2) is 6.95. The van der Waals surface area contributed by atoms with Crippen molar-refractivity contribution in [3.63, 3.8) is 0 Å². The lowest BCUT2D eigenvalue weighted by Gasteiger charge is -2.10. The fraction of sp³-hybridized carbons (Fsp3) is 0.778. The van der Waals surface area contributed by atoms with Crippen LogP contribution in [0.5, 0.6) is 0 Å². The highest BCUT2D eigenvalue weighted by molar-refractivity contribution is 7.98. The van der Waals surface area contributed by atoms with Crippen LogP contribution in [0.15, 0.2) is 0 Å². The maximum absolute atomic E-state index is 11.0. The molecule has 3 nitrogen and oxygen atoms in total. The van der Waals surface area contributed by atoms with E-state index in [0.717, 1.165) is 5.75 Å². The zero-order valence-corrected chi connectivity index (χ0v) is 9.24. The van der Waals surface area contributed by atoms with E-state index in [2.05, 4.69) is 12.2 Å². The molecule has 1 N–H and O–H groups in total. The Hall–Kier alpha value is -0.510. The largest absolute Gasteiger partial charge is 0.355 e. The lowest BCUT2D eigenvalue weighted by molar-refractivity contribution is -0.127. The maximum Gasteiger partial charge on any atom is 0.227 e. The topological polar surface area (TPSA) is 46.2 Å². The van der Waals surface area contributed by atoms with Crippen molar-refractivity contribution in [1.29, 1.82) is 0 Å². The fourth-order valence-corrected chi connectivity index (χ4v) is 1.61. The normalized spacial score (nSPS) is 12.2. The molecule has 76 valence electrons. The van der Waals surface area contributed by atoms with Gasteiger partial charge in [-0.25, -0.2) is 0 Å². The first kappa shape index (κ1) is 12.5. The molecule has 1 unspecified atom stereocenters. The van der Waals surface area contributed by atoms with E-state index in [1.54, 1.807) is 11.8 Å². The van der Waals surface area contributed by atoms with E-state index in [4.69, 9.17) is 0 Å². The summed E-state index contributed by atoms with van der Waals surface area (Å²) in [6.45, 7) is 4.16. The monoisotopic (exact) mass is 203 g/mol. The van der Waals surface area contributed by atoms with E-state index in [-0.39, 0.29) is 18.1 Å². The minimum Gasteiger partial charge on any atom is -0.355 e. The number of carbonyl (C=O) groups excluding carboxylic acids is 2. The second-order valence-corrected chi connectivity index (χ2v) is 4.15. The molecule has 0 aliphatic heterocycles. The third-order valence-corrected chi connectivity index (χ3v) is 2.41. The third kappa shape index (κ3) is 7.84. The summed E-state index contributed by atoms with van der Waals surface area (Å²) in [5, 5.41) is 2.73. The van der Waals surface area contributed by atoms with Gasteiger partial charge in [-0.2, -0.15) is 11.8 Å². The summed E-state index contributed by atoms with van der Waals surface area (Å²) in [5.41, 5.74) is 0. The van der Waals surface area contributed by atoms with Crippen LogP contribution in [0.3, 0.4) is 0 Å². The van der Waals surface area contributed by atoms with Gasteiger partial charge in [0.2, 0.25) is 5.91 Å². The molecule has 4 heteroatoms. The Labute approximate surface area is 83.7 Å².